The average molecular weight is 273 g/mol. The van der Waals surface area contributed by atoms with E-state index >= 15 is 0 Å². The van der Waals surface area contributed by atoms with Crippen LogP contribution in [0.25, 0.3) is 0 Å². The van der Waals surface area contributed by atoms with E-state index in [4.69, 9.17) is 10.3 Å². The second-order valence-electron chi connectivity index (χ2n) is 5.02. The molecular formula is C11H19N3O3S. The number of aromatic nitrogens is 2. The molecule has 2 atom stereocenters. The van der Waals surface area contributed by atoms with Crippen molar-refractivity contribution in [2.24, 2.45) is 5.73 Å². The van der Waals surface area contributed by atoms with Gasteiger partial charge in [-0.3, -0.25) is 0 Å². The molecule has 1 aliphatic heterocycles. The molecule has 7 heteroatoms. The molecule has 0 aliphatic carbocycles. The largest absolute Gasteiger partial charge is 0.339 e. The maximum absolute atomic E-state index is 11.4. The molecule has 0 spiro atoms. The SMILES string of the molecule is CC(N)CCCc1nc(C2CCS(=O)(=O)C2)no1. The highest BCUT2D eigenvalue weighted by molar-refractivity contribution is 7.91. The standard InChI is InChI=1S/C11H19N3O3S/c1-8(12)3-2-4-10-13-11(14-17-10)9-5-6-18(15,16)7-9/h8-9H,2-7,12H2,1H3. The van der Waals surface area contributed by atoms with Gasteiger partial charge in [-0.05, 0) is 26.2 Å². The number of hydrogen-bond donors (Lipinski definition) is 1. The number of sulfone groups is 1. The van der Waals surface area contributed by atoms with E-state index in [0.717, 1.165) is 12.8 Å². The molecule has 1 aromatic rings. The minimum atomic E-state index is -2.90. The van der Waals surface area contributed by atoms with Crippen LogP contribution >= 0.6 is 0 Å². The van der Waals surface area contributed by atoms with Crippen molar-refractivity contribution in [2.45, 2.75) is 44.6 Å². The van der Waals surface area contributed by atoms with E-state index in [1.54, 1.807) is 0 Å². The van der Waals surface area contributed by atoms with E-state index in [1.807, 2.05) is 6.92 Å². The van der Waals surface area contributed by atoms with Crippen LogP contribution < -0.4 is 5.73 Å². The molecule has 0 saturated carbocycles. The molecule has 1 aliphatic rings. The Balaban J connectivity index is 1.90. The Bertz CT molecular complexity index is 495. The molecular weight excluding hydrogens is 254 g/mol. The summed E-state index contributed by atoms with van der Waals surface area (Å²) in [5.74, 6) is 1.39. The normalized spacial score (nSPS) is 24.2. The van der Waals surface area contributed by atoms with Crippen LogP contribution in [0.15, 0.2) is 4.52 Å². The summed E-state index contributed by atoms with van der Waals surface area (Å²) >= 11 is 0. The van der Waals surface area contributed by atoms with Crippen molar-refractivity contribution in [1.29, 1.82) is 0 Å². The maximum Gasteiger partial charge on any atom is 0.226 e. The predicted octanol–water partition coefficient (Wildman–Crippen LogP) is 0.642. The van der Waals surface area contributed by atoms with Crippen LogP contribution in [0, 0.1) is 0 Å². The van der Waals surface area contributed by atoms with Gasteiger partial charge in [-0.2, -0.15) is 4.98 Å². The summed E-state index contributed by atoms with van der Waals surface area (Å²) in [6, 6.07) is 0.173. The molecule has 18 heavy (non-hydrogen) atoms. The van der Waals surface area contributed by atoms with E-state index in [1.165, 1.54) is 0 Å². The molecule has 2 heterocycles. The van der Waals surface area contributed by atoms with Gasteiger partial charge in [0, 0.05) is 18.4 Å². The smallest absolute Gasteiger partial charge is 0.226 e. The third-order valence-electron chi connectivity index (χ3n) is 3.13. The van der Waals surface area contributed by atoms with Gasteiger partial charge in [0.2, 0.25) is 5.89 Å². The average Bonchev–Trinajstić information content (AvgIpc) is 2.84. The Hall–Kier alpha value is -0.950. The topological polar surface area (TPSA) is 99.1 Å². The van der Waals surface area contributed by atoms with Crippen molar-refractivity contribution in [3.8, 4) is 0 Å². The van der Waals surface area contributed by atoms with Crippen molar-refractivity contribution in [3.63, 3.8) is 0 Å². The predicted molar refractivity (Wildman–Crippen MR) is 66.9 cm³/mol. The van der Waals surface area contributed by atoms with E-state index in [2.05, 4.69) is 10.1 Å². The van der Waals surface area contributed by atoms with Crippen molar-refractivity contribution in [1.82, 2.24) is 10.1 Å². The first kappa shape index (κ1) is 13.5. The highest BCUT2D eigenvalue weighted by atomic mass is 32.2. The van der Waals surface area contributed by atoms with Gasteiger partial charge in [-0.1, -0.05) is 5.16 Å². The fourth-order valence-corrected chi connectivity index (χ4v) is 3.85. The first-order chi connectivity index (χ1) is 8.46. The molecule has 2 N–H and O–H groups in total. The summed E-state index contributed by atoms with van der Waals surface area (Å²) in [6.45, 7) is 1.96. The second kappa shape index (κ2) is 5.36. The van der Waals surface area contributed by atoms with Gasteiger partial charge >= 0.3 is 0 Å². The minimum absolute atomic E-state index is 0.0964. The summed E-state index contributed by atoms with van der Waals surface area (Å²) in [6.07, 6.45) is 3.12. The summed E-state index contributed by atoms with van der Waals surface area (Å²) in [5.41, 5.74) is 5.66. The molecule has 1 fully saturated rings. The third-order valence-corrected chi connectivity index (χ3v) is 4.90. The van der Waals surface area contributed by atoms with E-state index in [0.29, 0.717) is 24.6 Å². The van der Waals surface area contributed by atoms with Crippen molar-refractivity contribution >= 4 is 9.84 Å². The third kappa shape index (κ3) is 3.52. The fourth-order valence-electron chi connectivity index (χ4n) is 2.11. The number of hydrogen-bond acceptors (Lipinski definition) is 6. The molecule has 1 saturated heterocycles. The van der Waals surface area contributed by atoms with E-state index in [9.17, 15) is 8.42 Å². The fraction of sp³-hybridized carbons (Fsp3) is 0.818. The summed E-state index contributed by atoms with van der Waals surface area (Å²) in [7, 11) is -2.90. The van der Waals surface area contributed by atoms with Crippen molar-refractivity contribution in [3.05, 3.63) is 11.7 Å². The lowest BCUT2D eigenvalue weighted by Gasteiger charge is -2.01. The number of nitrogens with two attached hydrogens (primary N) is 1. The second-order valence-corrected chi connectivity index (χ2v) is 7.24. The number of rotatable bonds is 5. The van der Waals surface area contributed by atoms with E-state index in [-0.39, 0.29) is 23.5 Å². The lowest BCUT2D eigenvalue weighted by Crippen LogP contribution is -2.14. The first-order valence-electron chi connectivity index (χ1n) is 6.25. The van der Waals surface area contributed by atoms with Crippen LogP contribution in [0.3, 0.4) is 0 Å². The Morgan fingerprint density at radius 3 is 2.94 bits per heavy atom. The van der Waals surface area contributed by atoms with Crippen LogP contribution in [-0.4, -0.2) is 36.1 Å². The summed E-state index contributed by atoms with van der Waals surface area (Å²) < 4.78 is 27.9. The Morgan fingerprint density at radius 1 is 1.56 bits per heavy atom. The summed E-state index contributed by atoms with van der Waals surface area (Å²) in [5, 5.41) is 3.88. The molecule has 2 rings (SSSR count). The van der Waals surface area contributed by atoms with E-state index < -0.39 is 9.84 Å². The molecule has 0 bridgehead atoms. The summed E-state index contributed by atoms with van der Waals surface area (Å²) in [4.78, 5) is 4.27. The Labute approximate surface area is 107 Å². The molecule has 1 aromatic heterocycles. The van der Waals surface area contributed by atoms with Crippen LogP contribution in [0.1, 0.15) is 43.8 Å². The minimum Gasteiger partial charge on any atom is -0.339 e. The number of aryl methyl sites for hydroxylation is 1. The van der Waals surface area contributed by atoms with Gasteiger partial charge in [-0.25, -0.2) is 8.42 Å². The van der Waals surface area contributed by atoms with Gasteiger partial charge in [0.1, 0.15) is 0 Å². The van der Waals surface area contributed by atoms with Crippen LogP contribution in [0.2, 0.25) is 0 Å². The van der Waals surface area contributed by atoms with Crippen molar-refractivity contribution in [2.75, 3.05) is 11.5 Å². The van der Waals surface area contributed by atoms with Crippen LogP contribution in [0.4, 0.5) is 0 Å². The molecule has 0 amide bonds. The molecule has 6 nitrogen and oxygen atoms in total. The molecule has 0 aromatic carbocycles. The first-order valence-corrected chi connectivity index (χ1v) is 8.07. The van der Waals surface area contributed by atoms with Gasteiger partial charge in [0.15, 0.2) is 15.7 Å². The van der Waals surface area contributed by atoms with Gasteiger partial charge in [0.05, 0.1) is 11.5 Å². The van der Waals surface area contributed by atoms with Gasteiger partial charge < -0.3 is 10.3 Å². The lowest BCUT2D eigenvalue weighted by atomic mass is 10.1. The molecule has 0 radical (unpaired) electrons. The quantitative estimate of drug-likeness (QED) is 0.845. The Kier molecular flexibility index (Phi) is 4.01. The zero-order valence-corrected chi connectivity index (χ0v) is 11.3. The zero-order chi connectivity index (χ0) is 13.2. The lowest BCUT2D eigenvalue weighted by molar-refractivity contribution is 0.365. The number of nitrogens with zero attached hydrogens (tertiary/aromatic N) is 2. The highest BCUT2D eigenvalue weighted by Crippen LogP contribution is 2.26. The molecule has 102 valence electrons. The van der Waals surface area contributed by atoms with Crippen LogP contribution in [-0.2, 0) is 16.3 Å². The van der Waals surface area contributed by atoms with Gasteiger partial charge in [0.25, 0.3) is 0 Å². The maximum atomic E-state index is 11.4. The monoisotopic (exact) mass is 273 g/mol. The van der Waals surface area contributed by atoms with Gasteiger partial charge in [-0.15, -0.1) is 0 Å². The highest BCUT2D eigenvalue weighted by Gasteiger charge is 2.32. The van der Waals surface area contributed by atoms with Crippen molar-refractivity contribution < 1.29 is 12.9 Å². The van der Waals surface area contributed by atoms with Crippen LogP contribution in [0.5, 0.6) is 0 Å². The zero-order valence-electron chi connectivity index (χ0n) is 10.5. The Morgan fingerprint density at radius 2 is 2.33 bits per heavy atom. The molecule has 2 unspecified atom stereocenters.